The molecule has 18 heavy (non-hydrogen) atoms. The van der Waals surface area contributed by atoms with E-state index in [2.05, 4.69) is 30.4 Å². The maximum atomic E-state index is 5.73. The number of hydrogen-bond acceptors (Lipinski definition) is 4. The van der Waals surface area contributed by atoms with Gasteiger partial charge in [-0.3, -0.25) is 0 Å². The molecule has 1 saturated heterocycles. The monoisotopic (exact) mass is 274 g/mol. The van der Waals surface area contributed by atoms with E-state index in [1.165, 1.54) is 25.0 Å². The van der Waals surface area contributed by atoms with E-state index in [1.807, 2.05) is 18.8 Å². The molecule has 1 aliphatic heterocycles. The molecule has 3 nitrogen and oxygen atoms in total. The summed E-state index contributed by atoms with van der Waals surface area (Å²) in [4.78, 5) is 2.52. The summed E-state index contributed by atoms with van der Waals surface area (Å²) >= 11 is 1.94. The van der Waals surface area contributed by atoms with E-state index < -0.39 is 0 Å². The topological polar surface area (TPSA) is 24.5 Å². The maximum absolute atomic E-state index is 5.73. The summed E-state index contributed by atoms with van der Waals surface area (Å²) in [6, 6.07) is 0.660. The van der Waals surface area contributed by atoms with Gasteiger partial charge in [0.1, 0.15) is 0 Å². The van der Waals surface area contributed by atoms with E-state index in [4.69, 9.17) is 4.74 Å². The van der Waals surface area contributed by atoms with Crippen LogP contribution in [0.15, 0.2) is 0 Å². The average Bonchev–Trinajstić information content (AvgIpc) is 2.37. The third-order valence-corrected chi connectivity index (χ3v) is 4.68. The zero-order valence-corrected chi connectivity index (χ0v) is 13.3. The normalized spacial score (nSPS) is 26.5. The van der Waals surface area contributed by atoms with E-state index in [0.29, 0.717) is 11.5 Å². The average molecular weight is 274 g/mol. The van der Waals surface area contributed by atoms with E-state index in [1.54, 1.807) is 0 Å². The first-order chi connectivity index (χ1) is 8.63. The molecule has 0 aromatic rings. The van der Waals surface area contributed by atoms with Crippen molar-refractivity contribution in [1.82, 2.24) is 10.2 Å². The fourth-order valence-corrected chi connectivity index (χ4v) is 3.38. The van der Waals surface area contributed by atoms with Gasteiger partial charge in [-0.2, -0.15) is 11.8 Å². The van der Waals surface area contributed by atoms with E-state index in [9.17, 15) is 0 Å². The van der Waals surface area contributed by atoms with Crippen molar-refractivity contribution in [3.05, 3.63) is 0 Å². The van der Waals surface area contributed by atoms with Crippen LogP contribution in [0.25, 0.3) is 0 Å². The number of hydrogen-bond donors (Lipinski definition) is 1. The second kappa shape index (κ2) is 8.41. The van der Waals surface area contributed by atoms with Crippen LogP contribution >= 0.6 is 11.8 Å². The molecule has 2 atom stereocenters. The standard InChI is InChI=1S/C14H30N2OS/c1-13(6-9-18-4)16(3)11-14(10-15-2)7-5-8-17-12-14/h13,15H,5-12H2,1-4H3. The van der Waals surface area contributed by atoms with Crippen molar-refractivity contribution in [1.29, 1.82) is 0 Å². The molecule has 0 aromatic carbocycles. The highest BCUT2D eigenvalue weighted by Gasteiger charge is 2.34. The maximum Gasteiger partial charge on any atom is 0.0546 e. The lowest BCUT2D eigenvalue weighted by molar-refractivity contribution is -0.0265. The first kappa shape index (κ1) is 16.3. The molecule has 1 N–H and O–H groups in total. The van der Waals surface area contributed by atoms with Crippen LogP contribution < -0.4 is 5.32 Å². The second-order valence-corrected chi connectivity index (χ2v) is 6.72. The number of thioether (sulfide) groups is 1. The fraction of sp³-hybridized carbons (Fsp3) is 1.00. The second-order valence-electron chi connectivity index (χ2n) is 5.73. The van der Waals surface area contributed by atoms with Gasteiger partial charge < -0.3 is 15.0 Å². The molecule has 0 spiro atoms. The predicted octanol–water partition coefficient (Wildman–Crippen LogP) is 2.08. The Morgan fingerprint density at radius 2 is 2.28 bits per heavy atom. The third-order valence-electron chi connectivity index (χ3n) is 4.03. The Balaban J connectivity index is 2.48. The van der Waals surface area contributed by atoms with Crippen molar-refractivity contribution in [2.75, 3.05) is 52.4 Å². The molecule has 1 heterocycles. The minimum absolute atomic E-state index is 0.315. The zero-order valence-electron chi connectivity index (χ0n) is 12.5. The number of nitrogens with zero attached hydrogens (tertiary/aromatic N) is 1. The summed E-state index contributed by atoms with van der Waals surface area (Å²) < 4.78 is 5.73. The largest absolute Gasteiger partial charge is 0.381 e. The molecule has 0 saturated carbocycles. The van der Waals surface area contributed by atoms with Gasteiger partial charge in [-0.05, 0) is 52.3 Å². The molecule has 1 rings (SSSR count). The van der Waals surface area contributed by atoms with Gasteiger partial charge >= 0.3 is 0 Å². The smallest absolute Gasteiger partial charge is 0.0546 e. The Morgan fingerprint density at radius 1 is 1.50 bits per heavy atom. The summed E-state index contributed by atoms with van der Waals surface area (Å²) in [6.07, 6.45) is 5.94. The van der Waals surface area contributed by atoms with Gasteiger partial charge in [0.15, 0.2) is 0 Å². The first-order valence-electron chi connectivity index (χ1n) is 7.05. The number of nitrogens with one attached hydrogen (secondary N) is 1. The molecule has 0 aliphatic carbocycles. The third kappa shape index (κ3) is 5.08. The lowest BCUT2D eigenvalue weighted by atomic mass is 9.81. The zero-order chi connectivity index (χ0) is 13.4. The summed E-state index contributed by atoms with van der Waals surface area (Å²) in [7, 11) is 4.31. The fourth-order valence-electron chi connectivity index (χ4n) is 2.80. The molecule has 0 aromatic heterocycles. The molecule has 2 unspecified atom stereocenters. The Bertz CT molecular complexity index is 214. The highest BCUT2D eigenvalue weighted by molar-refractivity contribution is 7.98. The molecule has 0 amide bonds. The lowest BCUT2D eigenvalue weighted by Crippen LogP contribution is -2.49. The van der Waals surface area contributed by atoms with E-state index in [0.717, 1.165) is 26.3 Å². The molecule has 0 radical (unpaired) electrons. The van der Waals surface area contributed by atoms with Crippen LogP contribution in [0.5, 0.6) is 0 Å². The molecule has 4 heteroatoms. The van der Waals surface area contributed by atoms with Crippen LogP contribution in [-0.2, 0) is 4.74 Å². The van der Waals surface area contributed by atoms with Gasteiger partial charge in [0, 0.05) is 31.2 Å². The minimum Gasteiger partial charge on any atom is -0.381 e. The molecule has 1 fully saturated rings. The number of ether oxygens (including phenoxy) is 1. The van der Waals surface area contributed by atoms with E-state index in [-0.39, 0.29) is 0 Å². The molecule has 0 bridgehead atoms. The summed E-state index contributed by atoms with van der Waals surface area (Å²) in [6.45, 7) is 6.40. The van der Waals surface area contributed by atoms with Crippen LogP contribution in [0.1, 0.15) is 26.2 Å². The lowest BCUT2D eigenvalue weighted by Gasteiger charge is -2.41. The highest BCUT2D eigenvalue weighted by atomic mass is 32.2. The van der Waals surface area contributed by atoms with Gasteiger partial charge in [-0.15, -0.1) is 0 Å². The summed E-state index contributed by atoms with van der Waals surface area (Å²) in [5.74, 6) is 1.25. The SMILES string of the molecule is CNCC1(CN(C)C(C)CCSC)CCCOC1. The van der Waals surface area contributed by atoms with Crippen LogP contribution in [-0.4, -0.2) is 63.3 Å². The first-order valence-corrected chi connectivity index (χ1v) is 8.44. The van der Waals surface area contributed by atoms with Crippen LogP contribution in [0.3, 0.4) is 0 Å². The van der Waals surface area contributed by atoms with Crippen LogP contribution in [0.4, 0.5) is 0 Å². The van der Waals surface area contributed by atoms with Crippen molar-refractivity contribution < 1.29 is 4.74 Å². The van der Waals surface area contributed by atoms with Crippen molar-refractivity contribution in [3.63, 3.8) is 0 Å². The summed E-state index contributed by atoms with van der Waals surface area (Å²) in [5.41, 5.74) is 0.315. The van der Waals surface area contributed by atoms with E-state index >= 15 is 0 Å². The number of rotatable bonds is 8. The Labute approximate surface area is 117 Å². The molecule has 108 valence electrons. The quantitative estimate of drug-likeness (QED) is 0.732. The van der Waals surface area contributed by atoms with Crippen molar-refractivity contribution in [3.8, 4) is 0 Å². The van der Waals surface area contributed by atoms with Crippen molar-refractivity contribution >= 4 is 11.8 Å². The minimum atomic E-state index is 0.315. The Morgan fingerprint density at radius 3 is 2.83 bits per heavy atom. The van der Waals surface area contributed by atoms with Gasteiger partial charge in [0.25, 0.3) is 0 Å². The van der Waals surface area contributed by atoms with Crippen molar-refractivity contribution in [2.24, 2.45) is 5.41 Å². The predicted molar refractivity (Wildman–Crippen MR) is 81.5 cm³/mol. The van der Waals surface area contributed by atoms with Gasteiger partial charge in [-0.25, -0.2) is 0 Å². The van der Waals surface area contributed by atoms with Gasteiger partial charge in [0.2, 0.25) is 0 Å². The highest BCUT2D eigenvalue weighted by Crippen LogP contribution is 2.29. The molecular formula is C14H30N2OS. The van der Waals surface area contributed by atoms with Crippen molar-refractivity contribution in [2.45, 2.75) is 32.2 Å². The van der Waals surface area contributed by atoms with Gasteiger partial charge in [0.05, 0.1) is 6.61 Å². The van der Waals surface area contributed by atoms with Crippen LogP contribution in [0.2, 0.25) is 0 Å². The summed E-state index contributed by atoms with van der Waals surface area (Å²) in [5, 5.41) is 3.35. The van der Waals surface area contributed by atoms with Gasteiger partial charge in [-0.1, -0.05) is 0 Å². The Hall–Kier alpha value is 0.230. The Kier molecular flexibility index (Phi) is 7.61. The van der Waals surface area contributed by atoms with Crippen LogP contribution in [0, 0.1) is 5.41 Å². The molecule has 1 aliphatic rings. The molecular weight excluding hydrogens is 244 g/mol.